The molecule has 0 aromatic rings. The van der Waals surface area contributed by atoms with E-state index < -0.39 is 210 Å². The van der Waals surface area contributed by atoms with Crippen molar-refractivity contribution in [1.29, 1.82) is 0 Å². The maximum absolute atomic E-state index is 15.6. The molecular formula is C67H96N2O24. The molecule has 29 unspecified atom stereocenters. The maximum atomic E-state index is 15.6. The van der Waals surface area contributed by atoms with Crippen molar-refractivity contribution in [1.82, 2.24) is 5.32 Å². The average molecular weight is 1310 g/mol. The van der Waals surface area contributed by atoms with Crippen LogP contribution in [-0.2, 0) is 80.8 Å². The number of carbonyl (C=O) groups is 5. The number of ether oxygens (including phenoxy) is 13. The lowest BCUT2D eigenvalue weighted by molar-refractivity contribution is -0.584. The highest BCUT2D eigenvalue weighted by Gasteiger charge is 2.65. The number of aliphatic hydroxyl groups is 4. The third-order valence-corrected chi connectivity index (χ3v) is 21.7. The highest BCUT2D eigenvalue weighted by molar-refractivity contribution is 6.26. The minimum Gasteiger partial charge on any atom is -0.511 e. The Labute approximate surface area is 542 Å². The lowest BCUT2D eigenvalue weighted by atomic mass is 9.49. The van der Waals surface area contributed by atoms with Crippen LogP contribution in [0, 0.1) is 51.0 Å². The molecule has 0 aromatic heterocycles. The zero-order chi connectivity index (χ0) is 67.5. The molecule has 5 N–H and O–H groups in total. The summed E-state index contributed by atoms with van der Waals surface area (Å²) in [6.07, 6.45) is -4.21. The van der Waals surface area contributed by atoms with E-state index in [0.29, 0.717) is 49.5 Å². The smallest absolute Gasteiger partial charge is 0.407 e. The lowest BCUT2D eigenvalue weighted by Gasteiger charge is -2.56. The van der Waals surface area contributed by atoms with Gasteiger partial charge in [-0.2, -0.15) is 0 Å². The van der Waals surface area contributed by atoms with Crippen LogP contribution < -0.4 is 5.32 Å². The molecule has 2 bridgehead atoms. The predicted molar refractivity (Wildman–Crippen MR) is 325 cm³/mol. The molecule has 1 spiro atoms. The van der Waals surface area contributed by atoms with Gasteiger partial charge >= 0.3 is 18.0 Å². The summed E-state index contributed by atoms with van der Waals surface area (Å²) >= 11 is 0. The Hall–Kier alpha value is -5.07. The number of aliphatic hydroxyl groups excluding tert-OH is 4. The number of hydrogen-bond acceptors (Lipinski definition) is 24. The first-order valence-corrected chi connectivity index (χ1v) is 33.1. The summed E-state index contributed by atoms with van der Waals surface area (Å²) < 4.78 is 81.5. The molecule has 26 heteroatoms. The number of ketones is 1. The first-order chi connectivity index (χ1) is 43.9. The molecule has 1 saturated carbocycles. The fourth-order valence-corrected chi connectivity index (χ4v) is 16.9. The Morgan fingerprint density at radius 1 is 0.720 bits per heavy atom. The summed E-state index contributed by atoms with van der Waals surface area (Å²) in [7, 11) is 1.15. The van der Waals surface area contributed by atoms with Gasteiger partial charge < -0.3 is 87.3 Å². The Balaban J connectivity index is 0.904. The zero-order valence-electron chi connectivity index (χ0n) is 55.4. The van der Waals surface area contributed by atoms with E-state index in [1.54, 1.807) is 33.8 Å². The number of nitro groups is 1. The molecule has 0 aromatic carbocycles. The summed E-state index contributed by atoms with van der Waals surface area (Å²) in [6, 6.07) is -1.12. The largest absolute Gasteiger partial charge is 0.511 e. The highest BCUT2D eigenvalue weighted by Crippen LogP contribution is 2.61. The van der Waals surface area contributed by atoms with Crippen molar-refractivity contribution >= 4 is 30.1 Å². The van der Waals surface area contributed by atoms with E-state index in [-0.39, 0.29) is 43.1 Å². The molecule has 10 rings (SSSR count). The normalized spacial score (nSPS) is 47.0. The number of nitrogens with zero attached hydrogens (tertiary/aromatic N) is 1. The number of rotatable bonds is 14. The molecule has 6 saturated heterocycles. The number of Topliss-reactive ketones (excluding diaryl/α,β-unsaturated/α-hetero) is 1. The second-order valence-corrected chi connectivity index (χ2v) is 28.2. The van der Waals surface area contributed by atoms with Crippen LogP contribution in [0.15, 0.2) is 58.4 Å². The monoisotopic (exact) mass is 1310 g/mol. The van der Waals surface area contributed by atoms with E-state index in [2.05, 4.69) is 25.2 Å². The van der Waals surface area contributed by atoms with Gasteiger partial charge in [-0.1, -0.05) is 50.6 Å². The Morgan fingerprint density at radius 2 is 1.35 bits per heavy atom. The minimum absolute atomic E-state index is 0.00196. The number of nitrogens with one attached hydrogen (secondary N) is 1. The first kappa shape index (κ1) is 70.7. The quantitative estimate of drug-likeness (QED) is 0.0240. The average Bonchev–Trinajstić information content (AvgIpc) is 1.68. The van der Waals surface area contributed by atoms with Gasteiger partial charge in [-0.25, -0.2) is 9.59 Å². The van der Waals surface area contributed by atoms with Crippen LogP contribution in [0.3, 0.4) is 0 Å². The number of allylic oxidation sites excluding steroid dienone is 3. The third-order valence-electron chi connectivity index (χ3n) is 21.7. The lowest BCUT2D eigenvalue weighted by Crippen LogP contribution is -2.65. The van der Waals surface area contributed by atoms with Gasteiger partial charge in [0.05, 0.1) is 86.6 Å². The zero-order valence-corrected chi connectivity index (χ0v) is 55.4. The fourth-order valence-electron chi connectivity index (χ4n) is 16.9. The van der Waals surface area contributed by atoms with E-state index in [0.717, 1.165) is 7.11 Å². The van der Waals surface area contributed by atoms with Crippen LogP contribution in [0.25, 0.3) is 0 Å². The number of hydrogen-bond donors (Lipinski definition) is 5. The van der Waals surface area contributed by atoms with Gasteiger partial charge in [-0.3, -0.25) is 24.5 Å². The van der Waals surface area contributed by atoms with Crippen molar-refractivity contribution in [3.63, 3.8) is 0 Å². The molecule has 4 aliphatic carbocycles. The summed E-state index contributed by atoms with van der Waals surface area (Å²) in [5.41, 5.74) is -4.91. The van der Waals surface area contributed by atoms with Crippen molar-refractivity contribution < 1.29 is 111 Å². The van der Waals surface area contributed by atoms with Crippen molar-refractivity contribution in [2.45, 2.75) is 281 Å². The van der Waals surface area contributed by atoms with Gasteiger partial charge in [0.2, 0.25) is 11.3 Å². The molecule has 518 valence electrons. The van der Waals surface area contributed by atoms with E-state index in [4.69, 9.17) is 61.6 Å². The highest BCUT2D eigenvalue weighted by atomic mass is 16.8. The summed E-state index contributed by atoms with van der Waals surface area (Å²) in [5.74, 6) is -6.46. The first-order valence-electron chi connectivity index (χ1n) is 33.1. The molecule has 93 heavy (non-hydrogen) atoms. The number of alkyl carbamates (subject to hydrolysis) is 1. The van der Waals surface area contributed by atoms with Crippen molar-refractivity contribution in [2.24, 2.45) is 40.9 Å². The van der Waals surface area contributed by atoms with Crippen LogP contribution >= 0.6 is 0 Å². The summed E-state index contributed by atoms with van der Waals surface area (Å²) in [4.78, 5) is 80.4. The van der Waals surface area contributed by atoms with Crippen molar-refractivity contribution in [3.05, 3.63) is 68.5 Å². The van der Waals surface area contributed by atoms with Gasteiger partial charge in [0, 0.05) is 68.1 Å². The topological polar surface area (TPSA) is 341 Å². The molecular weight excluding hydrogens is 1220 g/mol. The molecule has 6 heterocycles. The number of amides is 1. The van der Waals surface area contributed by atoms with Crippen LogP contribution in [0.1, 0.15) is 147 Å². The molecule has 29 atom stereocenters. The second kappa shape index (κ2) is 28.2. The SMILES string of the molecule is COC(=O)NC1C(C)OC(OC2CC=C(C)C3C=CC4C(OC5CC(OC6CCC(OC7CC(O)C(OC8CCC(O)C(C)O8)C(C)O7)C(C)O6)C(OC(C)=O)C(C)O5)C(C)CC(C)C4C3(C)/C(O)=C3/C(=O)OC4(CC(C=O)=CC(O)C4C=C2C)C3=O)CC1(C)[N+](=O)[O-]. The standard InChI is InChI=1S/C67H96N2O24/c1-30-14-18-47(88-54-28-65(11,69(79)80)60(38(9)86-54)68-64(78)81-13)31(2)23-43-45(73)24-40(29-70)27-67(43)62(76)55(63(77)93-67)61(75)66(12)42(30)16-15-41-56(66)32(3)22-33(4)57(41)92-53-26-49(59(37(8)85-53)87-39(10)71)90-50-21-19-48(35(6)83-50)89-52-25-46(74)58(36(7)84-52)91-51-20-17-44(72)34(5)82-51/h14-16,23-24,29,32-38,41-54,56-60,72-75H,17-22,25-28H2,1-13H3,(H,68,78)/b30-14?,31-23?,61-55-. The van der Waals surface area contributed by atoms with E-state index in [1.165, 1.54) is 19.9 Å². The van der Waals surface area contributed by atoms with Crippen molar-refractivity contribution in [2.75, 3.05) is 7.11 Å². The molecule has 7 fully saturated rings. The van der Waals surface area contributed by atoms with Gasteiger partial charge in [-0.05, 0) is 109 Å². The molecule has 6 aliphatic heterocycles. The van der Waals surface area contributed by atoms with E-state index in [9.17, 15) is 49.7 Å². The van der Waals surface area contributed by atoms with Crippen LogP contribution in [0.4, 0.5) is 4.79 Å². The van der Waals surface area contributed by atoms with Gasteiger partial charge in [0.1, 0.15) is 35.9 Å². The Morgan fingerprint density at radius 3 is 2.01 bits per heavy atom. The number of aldehydes is 1. The Bertz CT molecular complexity index is 2960. The van der Waals surface area contributed by atoms with Gasteiger partial charge in [-0.15, -0.1) is 0 Å². The number of methoxy groups -OCH3 is 1. The van der Waals surface area contributed by atoms with Crippen LogP contribution in [0.2, 0.25) is 0 Å². The molecule has 10 aliphatic rings. The maximum Gasteiger partial charge on any atom is 0.407 e. The second-order valence-electron chi connectivity index (χ2n) is 28.2. The number of carbonyl (C=O) groups excluding carboxylic acids is 5. The fraction of sp³-hybridized carbons (Fsp3) is 0.776. The van der Waals surface area contributed by atoms with E-state index >= 15 is 4.79 Å². The molecule has 0 radical (unpaired) electrons. The van der Waals surface area contributed by atoms with E-state index in [1.807, 2.05) is 39.8 Å². The minimum atomic E-state index is -2.20. The van der Waals surface area contributed by atoms with Gasteiger partial charge in [0.15, 0.2) is 43.2 Å². The van der Waals surface area contributed by atoms with Crippen LogP contribution in [-0.4, -0.2) is 197 Å². The summed E-state index contributed by atoms with van der Waals surface area (Å²) in [5, 5.41) is 62.0. The Kier molecular flexibility index (Phi) is 21.4. The van der Waals surface area contributed by atoms with Crippen LogP contribution in [0.5, 0.6) is 0 Å². The number of esters is 2. The number of fused-ring (bicyclic) bond motifs is 4. The molecule has 26 nitrogen and oxygen atoms in total. The third kappa shape index (κ3) is 14.0. The van der Waals surface area contributed by atoms with Crippen molar-refractivity contribution in [3.8, 4) is 0 Å². The summed E-state index contributed by atoms with van der Waals surface area (Å²) in [6.45, 7) is 21.0. The van der Waals surface area contributed by atoms with Gasteiger partial charge in [0.25, 0.3) is 0 Å². The molecule has 1 amide bonds. The predicted octanol–water partition coefficient (Wildman–Crippen LogP) is 6.36.